The van der Waals surface area contributed by atoms with Crippen LogP contribution in [0.25, 0.3) is 6.08 Å². The van der Waals surface area contributed by atoms with Gasteiger partial charge >= 0.3 is 0 Å². The van der Waals surface area contributed by atoms with Crippen molar-refractivity contribution in [2.45, 2.75) is 25.3 Å². The van der Waals surface area contributed by atoms with E-state index in [4.69, 9.17) is 4.74 Å². The number of likely N-dealkylation sites (tertiary alicyclic amines) is 1. The fourth-order valence-electron chi connectivity index (χ4n) is 2.76. The Kier molecular flexibility index (Phi) is 5.81. The van der Waals surface area contributed by atoms with Crippen molar-refractivity contribution in [2.24, 2.45) is 0 Å². The standard InChI is InChI=1S/C17H24N2O2/c1-18-17(20)16-10-6-12-19(16)11-4-3-7-14-8-5-9-15(13-14)21-2/h3,5,7-9,13,16H,4,6,10-12H2,1-2H3,(H,18,20). The van der Waals surface area contributed by atoms with Crippen LogP contribution in [-0.4, -0.2) is 44.1 Å². The van der Waals surface area contributed by atoms with Gasteiger partial charge in [-0.2, -0.15) is 0 Å². The van der Waals surface area contributed by atoms with Crippen molar-refractivity contribution in [1.29, 1.82) is 0 Å². The van der Waals surface area contributed by atoms with Gasteiger partial charge in [0.2, 0.25) is 5.91 Å². The van der Waals surface area contributed by atoms with Crippen LogP contribution in [0.5, 0.6) is 5.75 Å². The van der Waals surface area contributed by atoms with Crippen molar-refractivity contribution in [2.75, 3.05) is 27.2 Å². The van der Waals surface area contributed by atoms with E-state index in [1.807, 2.05) is 18.2 Å². The summed E-state index contributed by atoms with van der Waals surface area (Å²) in [5, 5.41) is 2.75. The van der Waals surface area contributed by atoms with E-state index in [0.717, 1.165) is 43.7 Å². The van der Waals surface area contributed by atoms with Gasteiger partial charge in [-0.25, -0.2) is 0 Å². The lowest BCUT2D eigenvalue weighted by atomic mass is 10.2. The molecular weight excluding hydrogens is 264 g/mol. The van der Waals surface area contributed by atoms with E-state index < -0.39 is 0 Å². The molecular formula is C17H24N2O2. The SMILES string of the molecule is CNC(=O)C1CCCN1CCC=Cc1cccc(OC)c1. The second-order valence-electron chi connectivity index (χ2n) is 5.28. The molecule has 0 saturated carbocycles. The van der Waals surface area contributed by atoms with Gasteiger partial charge in [0.05, 0.1) is 13.2 Å². The molecule has 1 atom stereocenters. The lowest BCUT2D eigenvalue weighted by Gasteiger charge is -2.22. The average Bonchev–Trinajstić information content (AvgIpc) is 2.99. The van der Waals surface area contributed by atoms with E-state index in [2.05, 4.69) is 28.4 Å². The third-order valence-corrected chi connectivity index (χ3v) is 3.90. The number of nitrogens with zero attached hydrogens (tertiary/aromatic N) is 1. The monoisotopic (exact) mass is 288 g/mol. The van der Waals surface area contributed by atoms with Gasteiger partial charge in [-0.15, -0.1) is 0 Å². The highest BCUT2D eigenvalue weighted by atomic mass is 16.5. The predicted octanol–water partition coefficient (Wildman–Crippen LogP) is 2.31. The summed E-state index contributed by atoms with van der Waals surface area (Å²) >= 11 is 0. The number of ether oxygens (including phenoxy) is 1. The molecule has 1 N–H and O–H groups in total. The van der Waals surface area contributed by atoms with Gasteiger partial charge < -0.3 is 10.1 Å². The summed E-state index contributed by atoms with van der Waals surface area (Å²) in [7, 11) is 3.39. The van der Waals surface area contributed by atoms with Crippen molar-refractivity contribution in [3.63, 3.8) is 0 Å². The minimum atomic E-state index is 0.0558. The van der Waals surface area contributed by atoms with Crippen molar-refractivity contribution in [3.8, 4) is 5.75 Å². The largest absolute Gasteiger partial charge is 0.497 e. The molecule has 2 rings (SSSR count). The highest BCUT2D eigenvalue weighted by Crippen LogP contribution is 2.18. The molecule has 21 heavy (non-hydrogen) atoms. The summed E-state index contributed by atoms with van der Waals surface area (Å²) in [4.78, 5) is 14.0. The van der Waals surface area contributed by atoms with E-state index in [1.54, 1.807) is 14.2 Å². The van der Waals surface area contributed by atoms with Crippen LogP contribution in [0.1, 0.15) is 24.8 Å². The molecule has 1 unspecified atom stereocenters. The van der Waals surface area contributed by atoms with Gasteiger partial charge in [0.1, 0.15) is 5.75 Å². The zero-order valence-corrected chi connectivity index (χ0v) is 12.8. The Labute approximate surface area is 126 Å². The Hall–Kier alpha value is -1.81. The number of amides is 1. The fraction of sp³-hybridized carbons (Fsp3) is 0.471. The van der Waals surface area contributed by atoms with Crippen LogP contribution in [0, 0.1) is 0 Å². The normalized spacial score (nSPS) is 19.0. The number of methoxy groups -OCH3 is 1. The predicted molar refractivity (Wildman–Crippen MR) is 85.3 cm³/mol. The number of rotatable bonds is 6. The molecule has 1 amide bonds. The number of nitrogens with one attached hydrogen (secondary N) is 1. The Morgan fingerprint density at radius 3 is 3.14 bits per heavy atom. The van der Waals surface area contributed by atoms with Gasteiger partial charge in [0.25, 0.3) is 0 Å². The fourth-order valence-corrected chi connectivity index (χ4v) is 2.76. The van der Waals surface area contributed by atoms with Crippen molar-refractivity contribution >= 4 is 12.0 Å². The molecule has 1 fully saturated rings. The van der Waals surface area contributed by atoms with Gasteiger partial charge in [0, 0.05) is 13.6 Å². The summed E-state index contributed by atoms with van der Waals surface area (Å²) in [6.07, 6.45) is 7.29. The van der Waals surface area contributed by atoms with Crippen LogP contribution in [-0.2, 0) is 4.79 Å². The Balaban J connectivity index is 1.83. The number of hydrogen-bond donors (Lipinski definition) is 1. The van der Waals surface area contributed by atoms with Gasteiger partial charge in [-0.05, 0) is 43.5 Å². The van der Waals surface area contributed by atoms with Crippen LogP contribution >= 0.6 is 0 Å². The topological polar surface area (TPSA) is 41.6 Å². The summed E-state index contributed by atoms with van der Waals surface area (Å²) in [5.74, 6) is 1.01. The molecule has 0 aliphatic carbocycles. The van der Waals surface area contributed by atoms with Crippen molar-refractivity contribution < 1.29 is 9.53 Å². The number of carbonyl (C=O) groups excluding carboxylic acids is 1. The highest BCUT2D eigenvalue weighted by molar-refractivity contribution is 5.81. The van der Waals surface area contributed by atoms with Crippen LogP contribution in [0.15, 0.2) is 30.3 Å². The van der Waals surface area contributed by atoms with Gasteiger partial charge in [-0.1, -0.05) is 24.3 Å². The average molecular weight is 288 g/mol. The maximum atomic E-state index is 11.8. The Bertz CT molecular complexity index is 499. The summed E-state index contributed by atoms with van der Waals surface area (Å²) in [5.41, 5.74) is 1.14. The third-order valence-electron chi connectivity index (χ3n) is 3.90. The lowest BCUT2D eigenvalue weighted by molar-refractivity contribution is -0.124. The summed E-state index contributed by atoms with van der Waals surface area (Å²) < 4.78 is 5.21. The molecule has 0 spiro atoms. The number of hydrogen-bond acceptors (Lipinski definition) is 3. The third kappa shape index (κ3) is 4.33. The smallest absolute Gasteiger partial charge is 0.237 e. The molecule has 0 bridgehead atoms. The maximum Gasteiger partial charge on any atom is 0.237 e. The van der Waals surface area contributed by atoms with Crippen molar-refractivity contribution in [1.82, 2.24) is 10.2 Å². The lowest BCUT2D eigenvalue weighted by Crippen LogP contribution is -2.42. The zero-order chi connectivity index (χ0) is 15.1. The van der Waals surface area contributed by atoms with Crippen LogP contribution < -0.4 is 10.1 Å². The zero-order valence-electron chi connectivity index (χ0n) is 12.8. The molecule has 114 valence electrons. The van der Waals surface area contributed by atoms with E-state index >= 15 is 0 Å². The molecule has 4 nitrogen and oxygen atoms in total. The molecule has 1 heterocycles. The van der Waals surface area contributed by atoms with Gasteiger partial charge in [0.15, 0.2) is 0 Å². The molecule has 1 aromatic rings. The minimum Gasteiger partial charge on any atom is -0.497 e. The molecule has 1 aliphatic rings. The highest BCUT2D eigenvalue weighted by Gasteiger charge is 2.28. The van der Waals surface area contributed by atoms with Crippen molar-refractivity contribution in [3.05, 3.63) is 35.9 Å². The van der Waals surface area contributed by atoms with Crippen LogP contribution in [0.4, 0.5) is 0 Å². The van der Waals surface area contributed by atoms with E-state index in [0.29, 0.717) is 0 Å². The first-order valence-electron chi connectivity index (χ1n) is 7.51. The number of carbonyl (C=O) groups is 1. The first-order chi connectivity index (χ1) is 10.2. The molecule has 1 aliphatic heterocycles. The molecule has 1 aromatic carbocycles. The second-order valence-corrected chi connectivity index (χ2v) is 5.28. The van der Waals surface area contributed by atoms with Crippen LogP contribution in [0.3, 0.4) is 0 Å². The molecule has 0 radical (unpaired) electrons. The van der Waals surface area contributed by atoms with Crippen LogP contribution in [0.2, 0.25) is 0 Å². The summed E-state index contributed by atoms with van der Waals surface area (Å²) in [6.45, 7) is 1.95. The minimum absolute atomic E-state index is 0.0558. The van der Waals surface area contributed by atoms with E-state index in [-0.39, 0.29) is 11.9 Å². The quantitative estimate of drug-likeness (QED) is 0.873. The molecule has 0 aromatic heterocycles. The maximum absolute atomic E-state index is 11.8. The Morgan fingerprint density at radius 2 is 2.38 bits per heavy atom. The van der Waals surface area contributed by atoms with E-state index in [9.17, 15) is 4.79 Å². The summed E-state index contributed by atoms with van der Waals surface area (Å²) in [6, 6.07) is 8.05. The number of likely N-dealkylation sites (N-methyl/N-ethyl adjacent to an activating group) is 1. The second kappa shape index (κ2) is 7.84. The number of benzene rings is 1. The first-order valence-corrected chi connectivity index (χ1v) is 7.51. The molecule has 1 saturated heterocycles. The van der Waals surface area contributed by atoms with E-state index in [1.165, 1.54) is 0 Å². The van der Waals surface area contributed by atoms with Gasteiger partial charge in [-0.3, -0.25) is 9.69 Å². The Morgan fingerprint density at radius 1 is 1.52 bits per heavy atom. The first kappa shape index (κ1) is 15.6. The molecule has 4 heteroatoms.